The van der Waals surface area contributed by atoms with Crippen molar-refractivity contribution < 1.29 is 13.5 Å². The van der Waals surface area contributed by atoms with Gasteiger partial charge in [-0.25, -0.2) is 8.42 Å². The second-order valence-electron chi connectivity index (χ2n) is 5.23. The Labute approximate surface area is 131 Å². The summed E-state index contributed by atoms with van der Waals surface area (Å²) in [7, 11) is -3.49. The van der Waals surface area contributed by atoms with E-state index < -0.39 is 10.0 Å². The monoisotopic (exact) mass is 332 g/mol. The van der Waals surface area contributed by atoms with E-state index in [1.54, 1.807) is 25.1 Å². The standard InChI is InChI=1S/C14H21ClN2O3S/c1-12-11-13(15)3-4-14(12)21(19,20)17-6-2-5-16(7-8-17)9-10-18/h3-4,11,18H,2,5-10H2,1H3. The predicted octanol–water partition coefficient (Wildman–Crippen LogP) is 1.34. The number of hydrogen-bond acceptors (Lipinski definition) is 4. The van der Waals surface area contributed by atoms with E-state index in [9.17, 15) is 8.42 Å². The number of benzene rings is 1. The number of aliphatic hydroxyl groups excluding tert-OH is 1. The van der Waals surface area contributed by atoms with E-state index in [1.807, 2.05) is 0 Å². The number of rotatable bonds is 4. The Morgan fingerprint density at radius 3 is 2.67 bits per heavy atom. The smallest absolute Gasteiger partial charge is 0.243 e. The predicted molar refractivity (Wildman–Crippen MR) is 83.1 cm³/mol. The fourth-order valence-corrected chi connectivity index (χ4v) is 4.50. The molecule has 1 fully saturated rings. The average Bonchev–Trinajstić information content (AvgIpc) is 2.65. The van der Waals surface area contributed by atoms with Crippen LogP contribution in [0.1, 0.15) is 12.0 Å². The molecular weight excluding hydrogens is 312 g/mol. The van der Waals surface area contributed by atoms with E-state index in [0.29, 0.717) is 41.7 Å². The van der Waals surface area contributed by atoms with Gasteiger partial charge in [-0.05, 0) is 43.7 Å². The first-order chi connectivity index (χ1) is 9.95. The van der Waals surface area contributed by atoms with Gasteiger partial charge in [0.25, 0.3) is 0 Å². The summed E-state index contributed by atoms with van der Waals surface area (Å²) in [6.07, 6.45) is 0.770. The number of sulfonamides is 1. The number of β-amino-alcohol motifs (C(OH)–C–C–N with tert-alkyl or cyclic N) is 1. The second-order valence-corrected chi connectivity index (χ2v) is 7.58. The van der Waals surface area contributed by atoms with E-state index in [1.165, 1.54) is 4.31 Å². The van der Waals surface area contributed by atoms with Crippen molar-refractivity contribution in [2.24, 2.45) is 0 Å². The molecule has 0 unspecified atom stereocenters. The Balaban J connectivity index is 2.19. The third-order valence-electron chi connectivity index (χ3n) is 3.72. The highest BCUT2D eigenvalue weighted by Gasteiger charge is 2.27. The van der Waals surface area contributed by atoms with Crippen molar-refractivity contribution >= 4 is 21.6 Å². The van der Waals surface area contributed by atoms with Crippen LogP contribution in [0.25, 0.3) is 0 Å². The van der Waals surface area contributed by atoms with Gasteiger partial charge in [-0.1, -0.05) is 11.6 Å². The molecule has 118 valence electrons. The molecule has 0 radical (unpaired) electrons. The Kier molecular flexibility index (Phi) is 5.62. The van der Waals surface area contributed by atoms with Crippen LogP contribution in [0.15, 0.2) is 23.1 Å². The molecule has 1 heterocycles. The molecule has 0 spiro atoms. The van der Waals surface area contributed by atoms with Crippen LogP contribution in [0.4, 0.5) is 0 Å². The summed E-state index contributed by atoms with van der Waals surface area (Å²) in [6, 6.07) is 4.85. The van der Waals surface area contributed by atoms with Gasteiger partial charge in [0.1, 0.15) is 0 Å². The molecule has 21 heavy (non-hydrogen) atoms. The van der Waals surface area contributed by atoms with Crippen LogP contribution in [0.3, 0.4) is 0 Å². The van der Waals surface area contributed by atoms with Crippen LogP contribution in [-0.4, -0.2) is 62.1 Å². The Hall–Kier alpha value is -0.660. The van der Waals surface area contributed by atoms with Crippen molar-refractivity contribution in [3.63, 3.8) is 0 Å². The first kappa shape index (κ1) is 16.7. The summed E-state index contributed by atoms with van der Waals surface area (Å²) in [5.74, 6) is 0. The lowest BCUT2D eigenvalue weighted by Gasteiger charge is -2.22. The third-order valence-corrected chi connectivity index (χ3v) is 6.01. The van der Waals surface area contributed by atoms with Crippen molar-refractivity contribution in [2.45, 2.75) is 18.2 Å². The number of aliphatic hydroxyl groups is 1. The molecule has 1 aromatic rings. The summed E-state index contributed by atoms with van der Waals surface area (Å²) in [5, 5.41) is 9.53. The molecule has 0 saturated carbocycles. The molecule has 7 heteroatoms. The lowest BCUT2D eigenvalue weighted by molar-refractivity contribution is 0.202. The van der Waals surface area contributed by atoms with Gasteiger partial charge in [0, 0.05) is 31.2 Å². The van der Waals surface area contributed by atoms with Crippen molar-refractivity contribution in [1.29, 1.82) is 0 Å². The maximum atomic E-state index is 12.8. The molecule has 2 rings (SSSR count). The zero-order valence-electron chi connectivity index (χ0n) is 12.1. The van der Waals surface area contributed by atoms with Gasteiger partial charge < -0.3 is 5.11 Å². The molecular formula is C14H21ClN2O3S. The highest BCUT2D eigenvalue weighted by molar-refractivity contribution is 7.89. The molecule has 1 aliphatic rings. The van der Waals surface area contributed by atoms with Crippen molar-refractivity contribution in [1.82, 2.24) is 9.21 Å². The summed E-state index contributed by atoms with van der Waals surface area (Å²) in [6.45, 7) is 4.86. The summed E-state index contributed by atoms with van der Waals surface area (Å²) >= 11 is 5.89. The molecule has 5 nitrogen and oxygen atoms in total. The molecule has 0 atom stereocenters. The summed E-state index contributed by atoms with van der Waals surface area (Å²) < 4.78 is 27.0. The second kappa shape index (κ2) is 7.07. The van der Waals surface area contributed by atoms with Crippen molar-refractivity contribution in [3.05, 3.63) is 28.8 Å². The molecule has 1 aliphatic heterocycles. The molecule has 0 amide bonds. The highest BCUT2D eigenvalue weighted by atomic mass is 35.5. The number of nitrogens with zero attached hydrogens (tertiary/aromatic N) is 2. The molecule has 0 bridgehead atoms. The van der Waals surface area contributed by atoms with Gasteiger partial charge in [0.05, 0.1) is 11.5 Å². The zero-order chi connectivity index (χ0) is 15.5. The topological polar surface area (TPSA) is 60.9 Å². The van der Waals surface area contributed by atoms with Crippen LogP contribution in [0.5, 0.6) is 0 Å². The zero-order valence-corrected chi connectivity index (χ0v) is 13.7. The van der Waals surface area contributed by atoms with Gasteiger partial charge >= 0.3 is 0 Å². The average molecular weight is 333 g/mol. The third kappa shape index (κ3) is 3.96. The van der Waals surface area contributed by atoms with Crippen molar-refractivity contribution in [3.8, 4) is 0 Å². The molecule has 1 aromatic carbocycles. The molecule has 1 N–H and O–H groups in total. The van der Waals surface area contributed by atoms with Crippen LogP contribution < -0.4 is 0 Å². The maximum Gasteiger partial charge on any atom is 0.243 e. The fourth-order valence-electron chi connectivity index (χ4n) is 2.59. The van der Waals surface area contributed by atoms with Gasteiger partial charge in [0.15, 0.2) is 0 Å². The van der Waals surface area contributed by atoms with E-state index in [0.717, 1.165) is 13.0 Å². The van der Waals surface area contributed by atoms with Gasteiger partial charge in [-0.3, -0.25) is 4.90 Å². The summed E-state index contributed by atoms with van der Waals surface area (Å²) in [4.78, 5) is 2.41. The van der Waals surface area contributed by atoms with Crippen LogP contribution in [0, 0.1) is 6.92 Å². The largest absolute Gasteiger partial charge is 0.395 e. The highest BCUT2D eigenvalue weighted by Crippen LogP contribution is 2.23. The SMILES string of the molecule is Cc1cc(Cl)ccc1S(=O)(=O)N1CCCN(CCO)CC1. The minimum atomic E-state index is -3.49. The van der Waals surface area contributed by atoms with E-state index in [-0.39, 0.29) is 6.61 Å². The van der Waals surface area contributed by atoms with E-state index in [4.69, 9.17) is 16.7 Å². The Bertz CT molecular complexity index is 592. The van der Waals surface area contributed by atoms with Gasteiger partial charge in [-0.2, -0.15) is 4.31 Å². The fraction of sp³-hybridized carbons (Fsp3) is 0.571. The molecule has 0 aliphatic carbocycles. The quantitative estimate of drug-likeness (QED) is 0.904. The van der Waals surface area contributed by atoms with E-state index >= 15 is 0 Å². The van der Waals surface area contributed by atoms with Gasteiger partial charge in [-0.15, -0.1) is 0 Å². The first-order valence-electron chi connectivity index (χ1n) is 7.04. The van der Waals surface area contributed by atoms with Crippen LogP contribution >= 0.6 is 11.6 Å². The Morgan fingerprint density at radius 1 is 1.24 bits per heavy atom. The lowest BCUT2D eigenvalue weighted by Crippen LogP contribution is -2.36. The normalized spacial score (nSPS) is 18.6. The molecule has 1 saturated heterocycles. The first-order valence-corrected chi connectivity index (χ1v) is 8.86. The lowest BCUT2D eigenvalue weighted by atomic mass is 10.2. The summed E-state index contributed by atoms with van der Waals surface area (Å²) in [5.41, 5.74) is 0.666. The number of aryl methyl sites for hydroxylation is 1. The maximum absolute atomic E-state index is 12.8. The van der Waals surface area contributed by atoms with Crippen molar-refractivity contribution in [2.75, 3.05) is 39.3 Å². The van der Waals surface area contributed by atoms with Gasteiger partial charge in [0.2, 0.25) is 10.0 Å². The van der Waals surface area contributed by atoms with E-state index in [2.05, 4.69) is 4.90 Å². The number of hydrogen-bond donors (Lipinski definition) is 1. The molecule has 0 aromatic heterocycles. The minimum Gasteiger partial charge on any atom is -0.395 e. The Morgan fingerprint density at radius 2 is 2.00 bits per heavy atom. The van der Waals surface area contributed by atoms with Crippen LogP contribution in [0.2, 0.25) is 5.02 Å². The minimum absolute atomic E-state index is 0.100. The number of halogens is 1. The van der Waals surface area contributed by atoms with Crippen LogP contribution in [-0.2, 0) is 10.0 Å².